The smallest absolute Gasteiger partial charge is 0.463 e. The number of ether oxygens (including phenoxy) is 8. The molecule has 2 heterocycles. The first-order chi connectivity index (χ1) is 56.1. The van der Waals surface area contributed by atoms with E-state index in [0.717, 1.165) is 122 Å². The summed E-state index contributed by atoms with van der Waals surface area (Å²) in [4.78, 5) is 66.4. The van der Waals surface area contributed by atoms with E-state index in [9.17, 15) is 74.6 Å². The fourth-order valence-corrected chi connectivity index (χ4v) is 16.3. The molecule has 26 heteroatoms. The van der Waals surface area contributed by atoms with Crippen LogP contribution in [-0.2, 0) is 70.7 Å². The van der Waals surface area contributed by atoms with Crippen molar-refractivity contribution in [1.29, 1.82) is 0 Å². The largest absolute Gasteiger partial charge is 0.472 e. The quantitative estimate of drug-likeness (QED) is 0.00889. The third-order valence-corrected chi connectivity index (χ3v) is 23.8. The zero-order chi connectivity index (χ0) is 84.8. The average molecular weight is 1680 g/mol. The summed E-state index contributed by atoms with van der Waals surface area (Å²) in [6.45, 7) is 7.87. The van der Waals surface area contributed by atoms with Crippen molar-refractivity contribution in [3.8, 4) is 0 Å². The first kappa shape index (κ1) is 107. The molecule has 3 fully saturated rings. The Hall–Kier alpha value is -3.05. The summed E-state index contributed by atoms with van der Waals surface area (Å²) < 4.78 is 73.4. The van der Waals surface area contributed by atoms with E-state index in [-0.39, 0.29) is 25.7 Å². The summed E-state index contributed by atoms with van der Waals surface area (Å²) in [5.74, 6) is -2.33. The molecule has 19 unspecified atom stereocenters. The molecule has 0 spiro atoms. The summed E-state index contributed by atoms with van der Waals surface area (Å²) in [6.07, 6.45) is 26.2. The predicted molar refractivity (Wildman–Crippen MR) is 449 cm³/mol. The van der Waals surface area contributed by atoms with Crippen LogP contribution in [0.5, 0.6) is 0 Å². The van der Waals surface area contributed by atoms with E-state index in [1.807, 2.05) is 0 Å². The van der Waals surface area contributed by atoms with Gasteiger partial charge < -0.3 is 88.7 Å². The van der Waals surface area contributed by atoms with Crippen LogP contribution in [0.15, 0.2) is 24.3 Å². The highest BCUT2D eigenvalue weighted by Crippen LogP contribution is 2.49. The second-order valence-corrected chi connectivity index (χ2v) is 34.8. The first-order valence-corrected chi connectivity index (χ1v) is 48.0. The number of rotatable bonds is 74. The molecule has 680 valence electrons. The van der Waals surface area contributed by atoms with Gasteiger partial charge in [0.05, 0.1) is 13.2 Å². The fraction of sp³-hybridized carbons (Fsp3) is 0.911. The number of carbonyl (C=O) groups is 4. The Morgan fingerprint density at radius 3 is 1.12 bits per heavy atom. The summed E-state index contributed by atoms with van der Waals surface area (Å²) in [5, 5.41) is 102. The van der Waals surface area contributed by atoms with Gasteiger partial charge >= 0.3 is 31.7 Å². The maximum absolute atomic E-state index is 14.9. The summed E-state index contributed by atoms with van der Waals surface area (Å²) in [7, 11) is -5.81. The third kappa shape index (κ3) is 48.7. The van der Waals surface area contributed by atoms with Gasteiger partial charge in [-0.25, -0.2) is 4.57 Å². The van der Waals surface area contributed by atoms with Gasteiger partial charge in [0.15, 0.2) is 24.8 Å². The topological polar surface area (TPSA) is 380 Å². The summed E-state index contributed by atoms with van der Waals surface area (Å²) in [6, 6.07) is 0. The van der Waals surface area contributed by atoms with Gasteiger partial charge in [-0.15, -0.1) is 0 Å². The number of phosphoric ester groups is 1. The normalized spacial score (nSPS) is 25.5. The van der Waals surface area contributed by atoms with Crippen LogP contribution in [0.3, 0.4) is 0 Å². The molecule has 0 aromatic rings. The van der Waals surface area contributed by atoms with E-state index >= 15 is 0 Å². The predicted octanol–water partition coefficient (Wildman–Crippen LogP) is 16.8. The van der Waals surface area contributed by atoms with E-state index in [1.165, 1.54) is 167 Å². The zero-order valence-corrected chi connectivity index (χ0v) is 73.4. The number of phosphoric acid groups is 1. The zero-order valence-electron chi connectivity index (χ0n) is 72.5. The van der Waals surface area contributed by atoms with Crippen LogP contribution in [0.4, 0.5) is 0 Å². The van der Waals surface area contributed by atoms with Gasteiger partial charge in [0.2, 0.25) is 0 Å². The highest BCUT2D eigenvalue weighted by atomic mass is 31.2. The molecule has 0 radical (unpaired) electrons. The van der Waals surface area contributed by atoms with Gasteiger partial charge in [-0.05, 0) is 83.0 Å². The lowest BCUT2D eigenvalue weighted by molar-refractivity contribution is -0.360. The number of aliphatic hydroxyl groups is 9. The Kier molecular flexibility index (Phi) is 63.2. The van der Waals surface area contributed by atoms with Gasteiger partial charge in [0.1, 0.15) is 92.6 Å². The molecule has 3 aliphatic rings. The van der Waals surface area contributed by atoms with E-state index < -0.39 is 162 Å². The number of aliphatic hydroxyl groups excluding tert-OH is 9. The molecular formula is C90H165O25P. The third-order valence-electron chi connectivity index (χ3n) is 22.8. The van der Waals surface area contributed by atoms with Crippen molar-refractivity contribution in [2.75, 3.05) is 26.4 Å². The van der Waals surface area contributed by atoms with Crippen LogP contribution in [0.1, 0.15) is 388 Å². The Morgan fingerprint density at radius 2 is 0.698 bits per heavy atom. The van der Waals surface area contributed by atoms with Crippen molar-refractivity contribution in [2.24, 2.45) is 5.92 Å². The lowest BCUT2D eigenvalue weighted by atomic mass is 9.84. The van der Waals surface area contributed by atoms with E-state index in [0.29, 0.717) is 44.4 Å². The number of hydrogen-bond donors (Lipinski definition) is 10. The van der Waals surface area contributed by atoms with Crippen LogP contribution in [0.2, 0.25) is 0 Å². The molecule has 0 bridgehead atoms. The Bertz CT molecular complexity index is 2530. The second-order valence-electron chi connectivity index (χ2n) is 33.4. The SMILES string of the molecule is CCCCCCCC/C=C\CCCCCC(=O)OCC(COP(=O)(O)OC1C(OC2OC(CO)C(O)C(O)C2O)C(O)C(O)C(OC(=O)CCCCCCCCCCCCCCCCC)C1OC1OC(COC(=O)CCCCC/C=C\CCCCCCCC)C(O)C(O)C1O)OC(=O)CCCCCCCCC(C)CCCCCCCC. The van der Waals surface area contributed by atoms with Crippen molar-refractivity contribution in [1.82, 2.24) is 0 Å². The second kappa shape index (κ2) is 68.4. The van der Waals surface area contributed by atoms with Crippen LogP contribution in [-0.4, -0.2) is 205 Å². The van der Waals surface area contributed by atoms with E-state index in [4.69, 9.17) is 46.9 Å². The van der Waals surface area contributed by atoms with Crippen LogP contribution < -0.4 is 0 Å². The van der Waals surface area contributed by atoms with Crippen molar-refractivity contribution in [3.63, 3.8) is 0 Å². The molecule has 0 aromatic carbocycles. The molecule has 2 saturated heterocycles. The van der Waals surface area contributed by atoms with Crippen molar-refractivity contribution < 1.29 is 122 Å². The Morgan fingerprint density at radius 1 is 0.362 bits per heavy atom. The number of unbranched alkanes of at least 4 members (excludes halogenated alkanes) is 42. The standard InChI is InChI=1S/C90H165O25P/c1-6-10-14-18-22-25-28-31-32-35-38-41-44-51-58-64-76(95)112-85-81(100)82(101)86(113-89-83(102)79(98)77(96)71(65-91)110-89)88(87(85)114-90-84(103)80(99)78(97)72(111-90)68-107-74(93)62-56-50-43-40-37-34-30-27-24-20-16-12-8-3)115-116(104,105)108-67-70(66-106-73(92)61-55-49-42-39-36-33-29-26-23-19-15-11-7-2)109-75(94)63-57-52-46-45-48-54-60-69(5)59-53-47-21-17-13-9-4/h33-34,36-37,69-72,77-91,96-103H,6-32,35,38-68H2,1-5H3,(H,104,105)/b36-33-,37-34-. The minimum Gasteiger partial charge on any atom is -0.463 e. The van der Waals surface area contributed by atoms with Crippen molar-refractivity contribution in [3.05, 3.63) is 24.3 Å². The summed E-state index contributed by atoms with van der Waals surface area (Å²) >= 11 is 0. The minimum atomic E-state index is -5.81. The van der Waals surface area contributed by atoms with Gasteiger partial charge in [0, 0.05) is 25.7 Å². The van der Waals surface area contributed by atoms with Crippen LogP contribution in [0.25, 0.3) is 0 Å². The number of carbonyl (C=O) groups excluding carboxylic acids is 4. The number of allylic oxidation sites excluding steroid dienone is 4. The van der Waals surface area contributed by atoms with E-state index in [2.05, 4.69) is 58.9 Å². The minimum absolute atomic E-state index is 0.00637. The maximum atomic E-state index is 14.9. The molecule has 25 nitrogen and oxygen atoms in total. The molecule has 1 saturated carbocycles. The molecule has 2 aliphatic heterocycles. The lowest BCUT2D eigenvalue weighted by Gasteiger charge is -2.50. The van der Waals surface area contributed by atoms with Gasteiger partial charge in [-0.1, -0.05) is 309 Å². The van der Waals surface area contributed by atoms with Crippen molar-refractivity contribution in [2.45, 2.75) is 492 Å². The first-order valence-electron chi connectivity index (χ1n) is 46.5. The molecule has 19 atom stereocenters. The molecule has 116 heavy (non-hydrogen) atoms. The monoisotopic (exact) mass is 1680 g/mol. The van der Waals surface area contributed by atoms with Gasteiger partial charge in [-0.3, -0.25) is 28.2 Å². The highest BCUT2D eigenvalue weighted by molar-refractivity contribution is 7.47. The van der Waals surface area contributed by atoms with Gasteiger partial charge in [0.25, 0.3) is 0 Å². The van der Waals surface area contributed by atoms with Crippen LogP contribution in [0, 0.1) is 5.92 Å². The maximum Gasteiger partial charge on any atom is 0.472 e. The summed E-state index contributed by atoms with van der Waals surface area (Å²) in [5.41, 5.74) is 0. The lowest BCUT2D eigenvalue weighted by Crippen LogP contribution is -2.70. The van der Waals surface area contributed by atoms with Crippen molar-refractivity contribution >= 4 is 31.7 Å². The Labute approximate surface area is 698 Å². The number of hydrogen-bond acceptors (Lipinski definition) is 24. The molecule has 0 amide bonds. The highest BCUT2D eigenvalue weighted by Gasteiger charge is 2.60. The van der Waals surface area contributed by atoms with Gasteiger partial charge in [-0.2, -0.15) is 0 Å². The number of esters is 4. The molecular weight excluding hydrogens is 1510 g/mol. The van der Waals surface area contributed by atoms with E-state index in [1.54, 1.807) is 0 Å². The fourth-order valence-electron chi connectivity index (χ4n) is 15.3. The molecule has 0 aromatic heterocycles. The molecule has 10 N–H and O–H groups in total. The molecule has 3 rings (SSSR count). The van der Waals surface area contributed by atoms with Crippen LogP contribution >= 0.6 is 7.82 Å². The Balaban J connectivity index is 1.94. The average Bonchev–Trinajstić information content (AvgIpc) is 0.746. The molecule has 1 aliphatic carbocycles.